The molecule has 1 aliphatic rings. The summed E-state index contributed by atoms with van der Waals surface area (Å²) < 4.78 is 15.1. The standard InChI is InChI=1S/C24H28FN5O2/c1-16(2)13-14-26-24(32)23(17-7-9-18(25)10-8-17)30(19-11-12-19)22(31)15-29-21-6-4-3-5-20(21)27-28-29/h3-10,16,19,23H,11-15H2,1-2H3,(H,26,32)/t23-/m1/s1. The number of nitrogens with one attached hydrogen (secondary N) is 1. The molecule has 2 aromatic carbocycles. The average molecular weight is 438 g/mol. The predicted molar refractivity (Wildman–Crippen MR) is 119 cm³/mol. The zero-order chi connectivity index (χ0) is 22.7. The molecule has 1 fully saturated rings. The number of aromatic nitrogens is 3. The average Bonchev–Trinajstić information content (AvgIpc) is 3.53. The number of amides is 2. The van der Waals surface area contributed by atoms with Crippen molar-refractivity contribution in [1.82, 2.24) is 25.2 Å². The zero-order valence-electron chi connectivity index (χ0n) is 18.4. The van der Waals surface area contributed by atoms with E-state index in [0.717, 1.165) is 24.8 Å². The van der Waals surface area contributed by atoms with E-state index in [1.165, 1.54) is 12.1 Å². The summed E-state index contributed by atoms with van der Waals surface area (Å²) >= 11 is 0. The van der Waals surface area contributed by atoms with Crippen molar-refractivity contribution in [3.63, 3.8) is 0 Å². The minimum atomic E-state index is -0.822. The fourth-order valence-corrected chi connectivity index (χ4v) is 3.82. The number of carbonyl (C=O) groups is 2. The van der Waals surface area contributed by atoms with Gasteiger partial charge < -0.3 is 10.2 Å². The van der Waals surface area contributed by atoms with Crippen LogP contribution in [0, 0.1) is 11.7 Å². The van der Waals surface area contributed by atoms with Crippen molar-refractivity contribution in [2.24, 2.45) is 5.92 Å². The third kappa shape index (κ3) is 4.95. The summed E-state index contributed by atoms with van der Waals surface area (Å²) in [6.07, 6.45) is 2.51. The van der Waals surface area contributed by atoms with Crippen LogP contribution < -0.4 is 5.32 Å². The van der Waals surface area contributed by atoms with Crippen molar-refractivity contribution < 1.29 is 14.0 Å². The molecule has 0 aliphatic heterocycles. The Labute approximate surface area is 186 Å². The van der Waals surface area contributed by atoms with Crippen LogP contribution in [0.5, 0.6) is 0 Å². The van der Waals surface area contributed by atoms with Crippen molar-refractivity contribution >= 4 is 22.8 Å². The summed E-state index contributed by atoms with van der Waals surface area (Å²) in [7, 11) is 0. The SMILES string of the molecule is CC(C)CCNC(=O)[C@@H](c1ccc(F)cc1)N(C(=O)Cn1nnc2ccccc21)C1CC1. The smallest absolute Gasteiger partial charge is 0.247 e. The lowest BCUT2D eigenvalue weighted by Gasteiger charge is -2.31. The molecule has 1 N–H and O–H groups in total. The van der Waals surface area contributed by atoms with Crippen LogP contribution >= 0.6 is 0 Å². The predicted octanol–water partition coefficient (Wildman–Crippen LogP) is 3.47. The molecule has 0 spiro atoms. The van der Waals surface area contributed by atoms with E-state index in [4.69, 9.17) is 0 Å². The Morgan fingerprint density at radius 2 is 1.88 bits per heavy atom. The molecule has 1 saturated carbocycles. The van der Waals surface area contributed by atoms with Crippen molar-refractivity contribution in [2.45, 2.75) is 51.7 Å². The van der Waals surface area contributed by atoms with Gasteiger partial charge >= 0.3 is 0 Å². The van der Waals surface area contributed by atoms with E-state index in [-0.39, 0.29) is 30.2 Å². The van der Waals surface area contributed by atoms with Gasteiger partial charge in [0.05, 0.1) is 5.52 Å². The lowest BCUT2D eigenvalue weighted by atomic mass is 10.0. The quantitative estimate of drug-likeness (QED) is 0.556. The van der Waals surface area contributed by atoms with Gasteiger partial charge in [0.25, 0.3) is 0 Å². The molecule has 1 atom stereocenters. The van der Waals surface area contributed by atoms with Crippen LogP contribution in [0.4, 0.5) is 4.39 Å². The second-order valence-corrected chi connectivity index (χ2v) is 8.70. The molecule has 1 heterocycles. The first kappa shape index (κ1) is 21.9. The molecule has 1 aliphatic carbocycles. The molecule has 2 amide bonds. The molecular formula is C24H28FN5O2. The molecule has 0 unspecified atom stereocenters. The number of rotatable bonds is 9. The van der Waals surface area contributed by atoms with Crippen LogP contribution in [0.2, 0.25) is 0 Å². The maximum atomic E-state index is 13.6. The number of para-hydroxylation sites is 1. The van der Waals surface area contributed by atoms with E-state index in [2.05, 4.69) is 29.5 Å². The van der Waals surface area contributed by atoms with E-state index in [0.29, 0.717) is 23.5 Å². The molecule has 168 valence electrons. The number of carbonyl (C=O) groups excluding carboxylic acids is 2. The molecule has 7 nitrogen and oxygen atoms in total. The van der Waals surface area contributed by atoms with Crippen LogP contribution in [0.3, 0.4) is 0 Å². The maximum absolute atomic E-state index is 13.6. The van der Waals surface area contributed by atoms with Crippen molar-refractivity contribution in [2.75, 3.05) is 6.54 Å². The first-order valence-electron chi connectivity index (χ1n) is 11.1. The molecule has 1 aromatic heterocycles. The lowest BCUT2D eigenvalue weighted by molar-refractivity contribution is -0.142. The number of hydrogen-bond acceptors (Lipinski definition) is 4. The second-order valence-electron chi connectivity index (χ2n) is 8.70. The van der Waals surface area contributed by atoms with Crippen molar-refractivity contribution in [1.29, 1.82) is 0 Å². The van der Waals surface area contributed by atoms with Crippen LogP contribution in [-0.4, -0.2) is 44.3 Å². The summed E-state index contributed by atoms with van der Waals surface area (Å²) in [5.41, 5.74) is 2.06. The van der Waals surface area contributed by atoms with Gasteiger partial charge in [0.2, 0.25) is 11.8 Å². The van der Waals surface area contributed by atoms with Gasteiger partial charge in [-0.15, -0.1) is 5.10 Å². The maximum Gasteiger partial charge on any atom is 0.247 e. The lowest BCUT2D eigenvalue weighted by Crippen LogP contribution is -2.46. The van der Waals surface area contributed by atoms with Gasteiger partial charge in [-0.25, -0.2) is 9.07 Å². The fraction of sp³-hybridized carbons (Fsp3) is 0.417. The largest absolute Gasteiger partial charge is 0.354 e. The van der Waals surface area contributed by atoms with E-state index in [1.807, 2.05) is 24.3 Å². The Hall–Kier alpha value is -3.29. The van der Waals surface area contributed by atoms with Gasteiger partial charge in [0.1, 0.15) is 23.9 Å². The Balaban J connectivity index is 1.62. The molecule has 0 radical (unpaired) electrons. The highest BCUT2D eigenvalue weighted by atomic mass is 19.1. The van der Waals surface area contributed by atoms with Gasteiger partial charge in [-0.3, -0.25) is 9.59 Å². The Morgan fingerprint density at radius 3 is 2.56 bits per heavy atom. The highest BCUT2D eigenvalue weighted by Crippen LogP contribution is 2.35. The highest BCUT2D eigenvalue weighted by Gasteiger charge is 2.41. The first-order valence-corrected chi connectivity index (χ1v) is 11.1. The Bertz CT molecular complexity index is 1090. The zero-order valence-corrected chi connectivity index (χ0v) is 18.4. The normalized spacial score (nSPS) is 14.5. The van der Waals surface area contributed by atoms with E-state index >= 15 is 0 Å². The second kappa shape index (κ2) is 9.46. The molecule has 4 rings (SSSR count). The topological polar surface area (TPSA) is 80.1 Å². The first-order chi connectivity index (χ1) is 15.4. The number of benzene rings is 2. The fourth-order valence-electron chi connectivity index (χ4n) is 3.82. The number of nitrogens with zero attached hydrogens (tertiary/aromatic N) is 4. The minimum Gasteiger partial charge on any atom is -0.354 e. The van der Waals surface area contributed by atoms with Crippen LogP contribution in [-0.2, 0) is 16.1 Å². The highest BCUT2D eigenvalue weighted by molar-refractivity contribution is 5.89. The summed E-state index contributed by atoms with van der Waals surface area (Å²) in [4.78, 5) is 28.4. The van der Waals surface area contributed by atoms with E-state index in [9.17, 15) is 14.0 Å². The molecule has 8 heteroatoms. The van der Waals surface area contributed by atoms with Gasteiger partial charge in [0.15, 0.2) is 0 Å². The molecule has 3 aromatic rings. The van der Waals surface area contributed by atoms with Crippen molar-refractivity contribution in [3.05, 3.63) is 59.9 Å². The summed E-state index contributed by atoms with van der Waals surface area (Å²) in [6, 6.07) is 12.4. The van der Waals surface area contributed by atoms with Gasteiger partial charge in [-0.2, -0.15) is 0 Å². The van der Waals surface area contributed by atoms with Crippen LogP contribution in [0.1, 0.15) is 44.7 Å². The minimum absolute atomic E-state index is 0.0199. The third-order valence-corrected chi connectivity index (χ3v) is 5.67. The molecule has 0 bridgehead atoms. The summed E-state index contributed by atoms with van der Waals surface area (Å²) in [6.45, 7) is 4.68. The van der Waals surface area contributed by atoms with Gasteiger partial charge in [0, 0.05) is 12.6 Å². The summed E-state index contributed by atoms with van der Waals surface area (Å²) in [5.74, 6) is -0.398. The molecular weight excluding hydrogens is 409 g/mol. The van der Waals surface area contributed by atoms with Crippen molar-refractivity contribution in [3.8, 4) is 0 Å². The van der Waals surface area contributed by atoms with Gasteiger partial charge in [-0.1, -0.05) is 43.3 Å². The van der Waals surface area contributed by atoms with E-state index < -0.39 is 6.04 Å². The number of halogens is 1. The Morgan fingerprint density at radius 1 is 1.16 bits per heavy atom. The van der Waals surface area contributed by atoms with E-state index in [1.54, 1.807) is 21.7 Å². The van der Waals surface area contributed by atoms with Crippen LogP contribution in [0.25, 0.3) is 11.0 Å². The molecule has 32 heavy (non-hydrogen) atoms. The Kier molecular flexibility index (Phi) is 6.48. The summed E-state index contributed by atoms with van der Waals surface area (Å²) in [5, 5.41) is 11.2. The van der Waals surface area contributed by atoms with Gasteiger partial charge in [-0.05, 0) is 55.0 Å². The monoisotopic (exact) mass is 437 g/mol. The van der Waals surface area contributed by atoms with Crippen LogP contribution in [0.15, 0.2) is 48.5 Å². The number of fused-ring (bicyclic) bond motifs is 1. The number of hydrogen-bond donors (Lipinski definition) is 1. The molecule has 0 saturated heterocycles. The third-order valence-electron chi connectivity index (χ3n) is 5.67.